The number of ether oxygens (including phenoxy) is 1. The first-order valence-electron chi connectivity index (χ1n) is 10.5. The van der Waals surface area contributed by atoms with Gasteiger partial charge in [-0.05, 0) is 25.0 Å². The number of carbonyl (C=O) groups excluding carboxylic acids is 1. The molecule has 0 N–H and O–H groups in total. The fourth-order valence-electron chi connectivity index (χ4n) is 3.13. The van der Waals surface area contributed by atoms with Crippen LogP contribution in [0.25, 0.3) is 0 Å². The van der Waals surface area contributed by atoms with Crippen molar-refractivity contribution < 1.29 is 9.53 Å². The van der Waals surface area contributed by atoms with Crippen LogP contribution in [0.3, 0.4) is 0 Å². The molecule has 0 bridgehead atoms. The van der Waals surface area contributed by atoms with Gasteiger partial charge in [0.15, 0.2) is 0 Å². The lowest BCUT2D eigenvalue weighted by molar-refractivity contribution is -0.140. The zero-order chi connectivity index (χ0) is 18.6. The minimum absolute atomic E-state index is 0.0706. The monoisotopic (exact) mass is 390 g/mol. The molecule has 1 atom stereocenters. The van der Waals surface area contributed by atoms with E-state index in [1.54, 1.807) is 0 Å². The standard InChI is InChI=1S/C21H42O2S2/c1-3-4-5-6-9-12-15-20(25-19-18-24)16-13-10-7-8-11-14-17-21(22)23-2/h20,24H,3-19H2,1-2H3. The maximum atomic E-state index is 11.0. The van der Waals surface area contributed by atoms with Gasteiger partial charge in [0.25, 0.3) is 0 Å². The zero-order valence-electron chi connectivity index (χ0n) is 16.8. The van der Waals surface area contributed by atoms with Gasteiger partial charge in [0.05, 0.1) is 7.11 Å². The first-order chi connectivity index (χ1) is 12.2. The van der Waals surface area contributed by atoms with E-state index in [1.807, 2.05) is 0 Å². The molecule has 0 heterocycles. The maximum absolute atomic E-state index is 11.0. The highest BCUT2D eigenvalue weighted by Crippen LogP contribution is 2.24. The van der Waals surface area contributed by atoms with Gasteiger partial charge in [-0.1, -0.05) is 77.6 Å². The molecule has 0 spiro atoms. The van der Waals surface area contributed by atoms with Crippen LogP contribution >= 0.6 is 24.4 Å². The Morgan fingerprint density at radius 1 is 0.880 bits per heavy atom. The quantitative estimate of drug-likeness (QED) is 0.145. The van der Waals surface area contributed by atoms with Crippen LogP contribution in [-0.2, 0) is 9.53 Å². The number of carbonyl (C=O) groups is 1. The normalized spacial score (nSPS) is 12.3. The minimum Gasteiger partial charge on any atom is -0.469 e. The van der Waals surface area contributed by atoms with Crippen molar-refractivity contribution in [2.75, 3.05) is 18.6 Å². The number of thiol groups is 1. The molecule has 1 unspecified atom stereocenters. The van der Waals surface area contributed by atoms with Crippen molar-refractivity contribution in [1.82, 2.24) is 0 Å². The SMILES string of the molecule is CCCCCCCCC(CCCCCCCCC(=O)OC)SCCS. The van der Waals surface area contributed by atoms with Gasteiger partial charge in [-0.25, -0.2) is 0 Å². The second kappa shape index (κ2) is 20.5. The van der Waals surface area contributed by atoms with Crippen molar-refractivity contribution in [1.29, 1.82) is 0 Å². The summed E-state index contributed by atoms with van der Waals surface area (Å²) < 4.78 is 4.67. The summed E-state index contributed by atoms with van der Waals surface area (Å²) in [4.78, 5) is 11.0. The molecule has 0 aliphatic heterocycles. The average molecular weight is 391 g/mol. The number of unbranched alkanes of at least 4 members (excludes halogenated alkanes) is 10. The molecule has 2 nitrogen and oxygen atoms in total. The summed E-state index contributed by atoms with van der Waals surface area (Å²) in [5.41, 5.74) is 0. The number of hydrogen-bond acceptors (Lipinski definition) is 4. The Balaban J connectivity index is 3.58. The molecule has 0 rings (SSSR count). The fourth-order valence-corrected chi connectivity index (χ4v) is 4.55. The third-order valence-corrected chi connectivity index (χ3v) is 6.62. The second-order valence-corrected chi connectivity index (χ2v) is 8.86. The largest absolute Gasteiger partial charge is 0.469 e. The summed E-state index contributed by atoms with van der Waals surface area (Å²) in [5, 5.41) is 0.845. The van der Waals surface area contributed by atoms with Crippen LogP contribution in [0, 0.1) is 0 Å². The number of esters is 1. The maximum Gasteiger partial charge on any atom is 0.305 e. The van der Waals surface area contributed by atoms with Crippen LogP contribution < -0.4 is 0 Å². The third-order valence-electron chi connectivity index (χ3n) is 4.71. The van der Waals surface area contributed by atoms with Crippen molar-refractivity contribution in [3.8, 4) is 0 Å². The lowest BCUT2D eigenvalue weighted by Crippen LogP contribution is -2.05. The van der Waals surface area contributed by atoms with E-state index < -0.39 is 0 Å². The van der Waals surface area contributed by atoms with Crippen LogP contribution in [-0.4, -0.2) is 29.8 Å². The van der Waals surface area contributed by atoms with Gasteiger partial charge in [0, 0.05) is 17.4 Å². The van der Waals surface area contributed by atoms with Crippen LogP contribution in [0.2, 0.25) is 0 Å². The van der Waals surface area contributed by atoms with Gasteiger partial charge in [0.2, 0.25) is 0 Å². The third kappa shape index (κ3) is 18.8. The predicted molar refractivity (Wildman–Crippen MR) is 117 cm³/mol. The van der Waals surface area contributed by atoms with Crippen molar-refractivity contribution >= 4 is 30.4 Å². The van der Waals surface area contributed by atoms with E-state index in [-0.39, 0.29) is 5.97 Å². The van der Waals surface area contributed by atoms with Crippen molar-refractivity contribution in [3.63, 3.8) is 0 Å². The Morgan fingerprint density at radius 2 is 1.40 bits per heavy atom. The van der Waals surface area contributed by atoms with Crippen LogP contribution in [0.4, 0.5) is 0 Å². The van der Waals surface area contributed by atoms with Crippen molar-refractivity contribution in [2.45, 2.75) is 108 Å². The molecule has 0 fully saturated rings. The minimum atomic E-state index is -0.0706. The van der Waals surface area contributed by atoms with Crippen LogP contribution in [0.15, 0.2) is 0 Å². The molecule has 0 amide bonds. The Labute approximate surface area is 167 Å². The molecule has 25 heavy (non-hydrogen) atoms. The molecule has 4 heteroatoms. The summed E-state index contributed by atoms with van der Waals surface area (Å²) in [6.45, 7) is 2.28. The number of thioether (sulfide) groups is 1. The predicted octanol–water partition coefficient (Wildman–Crippen LogP) is 7.06. The molecular weight excluding hydrogens is 348 g/mol. The topological polar surface area (TPSA) is 26.3 Å². The highest BCUT2D eigenvalue weighted by Gasteiger charge is 2.08. The number of hydrogen-bond donors (Lipinski definition) is 1. The van der Waals surface area contributed by atoms with Gasteiger partial charge in [-0.3, -0.25) is 4.79 Å². The Kier molecular flexibility index (Phi) is 20.6. The van der Waals surface area contributed by atoms with Gasteiger partial charge < -0.3 is 4.74 Å². The molecule has 0 aliphatic carbocycles. The highest BCUT2D eigenvalue weighted by molar-refractivity contribution is 8.00. The van der Waals surface area contributed by atoms with E-state index >= 15 is 0 Å². The molecule has 0 radical (unpaired) electrons. The summed E-state index contributed by atoms with van der Waals surface area (Å²) in [5.74, 6) is 2.12. The van der Waals surface area contributed by atoms with Crippen LogP contribution in [0.5, 0.6) is 0 Å². The summed E-state index contributed by atoms with van der Waals surface area (Å²) in [6.07, 6.45) is 19.1. The molecular formula is C21H42O2S2. The number of methoxy groups -OCH3 is 1. The number of rotatable bonds is 19. The van der Waals surface area contributed by atoms with E-state index in [1.165, 1.54) is 89.9 Å². The molecule has 0 aromatic heterocycles. The molecule has 150 valence electrons. The lowest BCUT2D eigenvalue weighted by atomic mass is 10.0. The van der Waals surface area contributed by atoms with Gasteiger partial charge in [0.1, 0.15) is 0 Å². The Morgan fingerprint density at radius 3 is 1.92 bits per heavy atom. The Bertz CT molecular complexity index is 285. The second-order valence-electron chi connectivity index (χ2n) is 7.01. The zero-order valence-corrected chi connectivity index (χ0v) is 18.5. The van der Waals surface area contributed by atoms with E-state index in [9.17, 15) is 4.79 Å². The van der Waals surface area contributed by atoms with E-state index in [0.717, 1.165) is 23.8 Å². The highest BCUT2D eigenvalue weighted by atomic mass is 32.2. The lowest BCUT2D eigenvalue weighted by Gasteiger charge is -2.16. The Hall–Kier alpha value is 0.170. The van der Waals surface area contributed by atoms with Crippen molar-refractivity contribution in [3.05, 3.63) is 0 Å². The van der Waals surface area contributed by atoms with E-state index in [0.29, 0.717) is 6.42 Å². The first-order valence-corrected chi connectivity index (χ1v) is 12.2. The van der Waals surface area contributed by atoms with E-state index in [4.69, 9.17) is 0 Å². The molecule has 0 saturated carbocycles. The molecule has 0 aliphatic rings. The summed E-state index contributed by atoms with van der Waals surface area (Å²) >= 11 is 6.51. The summed E-state index contributed by atoms with van der Waals surface area (Å²) in [7, 11) is 1.47. The average Bonchev–Trinajstić information content (AvgIpc) is 2.63. The fraction of sp³-hybridized carbons (Fsp3) is 0.952. The van der Waals surface area contributed by atoms with Gasteiger partial charge >= 0.3 is 5.97 Å². The van der Waals surface area contributed by atoms with Gasteiger partial charge in [-0.2, -0.15) is 24.4 Å². The van der Waals surface area contributed by atoms with Gasteiger partial charge in [-0.15, -0.1) is 0 Å². The first kappa shape index (κ1) is 25.2. The summed E-state index contributed by atoms with van der Waals surface area (Å²) in [6, 6.07) is 0. The van der Waals surface area contributed by atoms with Crippen molar-refractivity contribution in [2.24, 2.45) is 0 Å². The van der Waals surface area contributed by atoms with Crippen LogP contribution in [0.1, 0.15) is 103 Å². The molecule has 0 aromatic rings. The molecule has 0 saturated heterocycles. The molecule has 0 aromatic carbocycles. The smallest absolute Gasteiger partial charge is 0.305 e. The van der Waals surface area contributed by atoms with E-state index in [2.05, 4.69) is 36.1 Å².